The van der Waals surface area contributed by atoms with E-state index < -0.39 is 0 Å². The fourth-order valence-electron chi connectivity index (χ4n) is 1.69. The molecule has 2 aromatic carbocycles. The van der Waals surface area contributed by atoms with Gasteiger partial charge in [-0.2, -0.15) is 0 Å². The number of urea groups is 1. The molecule has 0 aliphatic rings. The first-order chi connectivity index (χ1) is 10.2. The van der Waals surface area contributed by atoms with Crippen molar-refractivity contribution in [3.05, 3.63) is 65.3 Å². The van der Waals surface area contributed by atoms with Crippen molar-refractivity contribution in [2.24, 2.45) is 0 Å². The monoisotopic (exact) mass is 302 g/mol. The Balaban J connectivity index is 1.91. The molecule has 2 N–H and O–H groups in total. The number of methoxy groups -OCH3 is 1. The van der Waals surface area contributed by atoms with Crippen LogP contribution in [0.3, 0.4) is 0 Å². The predicted octanol–water partition coefficient (Wildman–Crippen LogP) is 4.14. The lowest BCUT2D eigenvalue weighted by atomic mass is 10.2. The fourth-order valence-corrected chi connectivity index (χ4v) is 1.82. The van der Waals surface area contributed by atoms with Gasteiger partial charge in [-0.3, -0.25) is 0 Å². The van der Waals surface area contributed by atoms with E-state index in [0.29, 0.717) is 16.5 Å². The number of hydrogen-bond donors (Lipinski definition) is 2. The first kappa shape index (κ1) is 14.9. The predicted molar refractivity (Wildman–Crippen MR) is 85.6 cm³/mol. The van der Waals surface area contributed by atoms with Crippen LogP contribution < -0.4 is 15.4 Å². The summed E-state index contributed by atoms with van der Waals surface area (Å²) < 4.78 is 5.16. The van der Waals surface area contributed by atoms with Crippen molar-refractivity contribution >= 4 is 29.4 Å². The third kappa shape index (κ3) is 4.54. The SMILES string of the molecule is COc1ccccc1NC(=O)N/C=C/c1ccc(Cl)cc1. The van der Waals surface area contributed by atoms with Gasteiger partial charge in [0.1, 0.15) is 5.75 Å². The number of amides is 2. The molecule has 0 saturated carbocycles. The molecule has 21 heavy (non-hydrogen) atoms. The highest BCUT2D eigenvalue weighted by Crippen LogP contribution is 2.22. The van der Waals surface area contributed by atoms with E-state index in [1.165, 1.54) is 0 Å². The molecule has 0 saturated heterocycles. The minimum absolute atomic E-state index is 0.343. The van der Waals surface area contributed by atoms with Gasteiger partial charge in [0, 0.05) is 11.2 Å². The maximum absolute atomic E-state index is 11.8. The van der Waals surface area contributed by atoms with Crippen molar-refractivity contribution in [2.45, 2.75) is 0 Å². The molecular weight excluding hydrogens is 288 g/mol. The normalized spacial score (nSPS) is 10.4. The lowest BCUT2D eigenvalue weighted by Gasteiger charge is -2.09. The standard InChI is InChI=1S/C16H15ClN2O2/c1-21-15-5-3-2-4-14(15)19-16(20)18-11-10-12-6-8-13(17)9-7-12/h2-11H,1H3,(H2,18,19,20)/b11-10+. The van der Waals surface area contributed by atoms with E-state index in [1.807, 2.05) is 24.3 Å². The molecule has 0 bridgehead atoms. The Morgan fingerprint density at radius 2 is 1.86 bits per heavy atom. The van der Waals surface area contributed by atoms with Gasteiger partial charge in [0.15, 0.2) is 0 Å². The molecule has 2 aromatic rings. The third-order valence-electron chi connectivity index (χ3n) is 2.72. The van der Waals surface area contributed by atoms with Crippen molar-refractivity contribution in [1.29, 1.82) is 0 Å². The average Bonchev–Trinajstić information content (AvgIpc) is 2.50. The molecule has 0 atom stereocenters. The molecule has 0 aromatic heterocycles. The third-order valence-corrected chi connectivity index (χ3v) is 2.97. The number of halogens is 1. The quantitative estimate of drug-likeness (QED) is 0.891. The van der Waals surface area contributed by atoms with E-state index >= 15 is 0 Å². The van der Waals surface area contributed by atoms with Gasteiger partial charge in [0.25, 0.3) is 0 Å². The molecule has 2 amide bonds. The first-order valence-corrected chi connectivity index (χ1v) is 6.69. The molecule has 108 valence electrons. The van der Waals surface area contributed by atoms with Crippen molar-refractivity contribution in [1.82, 2.24) is 5.32 Å². The number of para-hydroxylation sites is 2. The van der Waals surface area contributed by atoms with Crippen LogP contribution in [0.25, 0.3) is 6.08 Å². The second kappa shape index (κ2) is 7.36. The summed E-state index contributed by atoms with van der Waals surface area (Å²) in [5, 5.41) is 6.01. The molecule has 0 radical (unpaired) electrons. The van der Waals surface area contributed by atoms with Gasteiger partial charge < -0.3 is 15.4 Å². The molecule has 0 aliphatic carbocycles. The summed E-state index contributed by atoms with van der Waals surface area (Å²) in [6.45, 7) is 0. The zero-order chi connectivity index (χ0) is 15.1. The highest BCUT2D eigenvalue weighted by molar-refractivity contribution is 6.30. The fraction of sp³-hybridized carbons (Fsp3) is 0.0625. The van der Waals surface area contributed by atoms with E-state index in [-0.39, 0.29) is 6.03 Å². The number of carbonyl (C=O) groups is 1. The smallest absolute Gasteiger partial charge is 0.323 e. The number of rotatable bonds is 4. The highest BCUT2D eigenvalue weighted by Gasteiger charge is 2.04. The molecular formula is C16H15ClN2O2. The maximum atomic E-state index is 11.8. The zero-order valence-electron chi connectivity index (χ0n) is 11.5. The largest absolute Gasteiger partial charge is 0.495 e. The van der Waals surface area contributed by atoms with Crippen molar-refractivity contribution < 1.29 is 9.53 Å². The van der Waals surface area contributed by atoms with Crippen molar-refractivity contribution in [3.8, 4) is 5.75 Å². The second-order valence-electron chi connectivity index (χ2n) is 4.18. The topological polar surface area (TPSA) is 50.4 Å². The lowest BCUT2D eigenvalue weighted by Crippen LogP contribution is -2.23. The molecule has 2 rings (SSSR count). The van der Waals surface area contributed by atoms with E-state index in [0.717, 1.165) is 5.56 Å². The molecule has 0 fully saturated rings. The Morgan fingerprint density at radius 3 is 2.57 bits per heavy atom. The van der Waals surface area contributed by atoms with Crippen LogP contribution in [-0.2, 0) is 0 Å². The molecule has 5 heteroatoms. The summed E-state index contributed by atoms with van der Waals surface area (Å²) in [7, 11) is 1.55. The second-order valence-corrected chi connectivity index (χ2v) is 4.62. The summed E-state index contributed by atoms with van der Waals surface area (Å²) >= 11 is 5.80. The van der Waals surface area contributed by atoms with Crippen LogP contribution in [0.2, 0.25) is 5.02 Å². The van der Waals surface area contributed by atoms with Gasteiger partial charge in [-0.25, -0.2) is 4.79 Å². The van der Waals surface area contributed by atoms with Gasteiger partial charge >= 0.3 is 6.03 Å². The lowest BCUT2D eigenvalue weighted by molar-refractivity contribution is 0.255. The van der Waals surface area contributed by atoms with E-state index in [4.69, 9.17) is 16.3 Å². The Bertz CT molecular complexity index is 639. The summed E-state index contributed by atoms with van der Waals surface area (Å²) in [5.41, 5.74) is 1.55. The van der Waals surface area contributed by atoms with E-state index in [1.54, 1.807) is 43.7 Å². The van der Waals surface area contributed by atoms with Crippen LogP contribution in [0.5, 0.6) is 5.75 Å². The molecule has 4 nitrogen and oxygen atoms in total. The number of hydrogen-bond acceptors (Lipinski definition) is 2. The highest BCUT2D eigenvalue weighted by atomic mass is 35.5. The number of ether oxygens (including phenoxy) is 1. The van der Waals surface area contributed by atoms with Gasteiger partial charge in [-0.15, -0.1) is 0 Å². The van der Waals surface area contributed by atoms with Gasteiger partial charge in [-0.1, -0.05) is 35.9 Å². The van der Waals surface area contributed by atoms with Crippen LogP contribution in [0, 0.1) is 0 Å². The number of carbonyl (C=O) groups excluding carboxylic acids is 1. The van der Waals surface area contributed by atoms with Gasteiger partial charge in [0.2, 0.25) is 0 Å². The summed E-state index contributed by atoms with van der Waals surface area (Å²) in [5.74, 6) is 0.606. The first-order valence-electron chi connectivity index (χ1n) is 6.31. The maximum Gasteiger partial charge on any atom is 0.323 e. The molecule has 0 unspecified atom stereocenters. The minimum atomic E-state index is -0.343. The van der Waals surface area contributed by atoms with Crippen LogP contribution in [0.15, 0.2) is 54.7 Å². The Morgan fingerprint density at radius 1 is 1.14 bits per heavy atom. The van der Waals surface area contributed by atoms with Crippen molar-refractivity contribution in [2.75, 3.05) is 12.4 Å². The minimum Gasteiger partial charge on any atom is -0.495 e. The summed E-state index contributed by atoms with van der Waals surface area (Å²) in [6, 6.07) is 14.2. The number of nitrogens with one attached hydrogen (secondary N) is 2. The average molecular weight is 303 g/mol. The van der Waals surface area contributed by atoms with E-state index in [9.17, 15) is 4.79 Å². The van der Waals surface area contributed by atoms with Gasteiger partial charge in [-0.05, 0) is 35.9 Å². The summed E-state index contributed by atoms with van der Waals surface area (Å²) in [6.07, 6.45) is 3.34. The Kier molecular flexibility index (Phi) is 5.23. The van der Waals surface area contributed by atoms with Gasteiger partial charge in [0.05, 0.1) is 12.8 Å². The van der Waals surface area contributed by atoms with Crippen LogP contribution >= 0.6 is 11.6 Å². The Hall–Kier alpha value is -2.46. The zero-order valence-corrected chi connectivity index (χ0v) is 12.2. The van der Waals surface area contributed by atoms with E-state index in [2.05, 4.69) is 10.6 Å². The van der Waals surface area contributed by atoms with Crippen LogP contribution in [-0.4, -0.2) is 13.1 Å². The van der Waals surface area contributed by atoms with Crippen molar-refractivity contribution in [3.63, 3.8) is 0 Å². The Labute approximate surface area is 128 Å². The molecule has 0 aliphatic heterocycles. The molecule has 0 spiro atoms. The van der Waals surface area contributed by atoms with Crippen LogP contribution in [0.4, 0.5) is 10.5 Å². The molecule has 0 heterocycles. The number of benzene rings is 2. The summed E-state index contributed by atoms with van der Waals surface area (Å²) in [4.78, 5) is 11.8. The van der Waals surface area contributed by atoms with Crippen LogP contribution in [0.1, 0.15) is 5.56 Å². The number of anilines is 1.